The molecule has 0 bridgehead atoms. The average molecular weight is 230 g/mol. The van der Waals surface area contributed by atoms with E-state index in [1.165, 1.54) is 0 Å². The molecule has 0 amide bonds. The van der Waals surface area contributed by atoms with E-state index >= 15 is 0 Å². The third-order valence-corrected chi connectivity index (χ3v) is 2.79. The summed E-state index contributed by atoms with van der Waals surface area (Å²) < 4.78 is 6.96. The van der Waals surface area contributed by atoms with Crippen LogP contribution in [0.1, 0.15) is 18.3 Å². The lowest BCUT2D eigenvalue weighted by atomic mass is 10.2. The second-order valence-corrected chi connectivity index (χ2v) is 4.25. The van der Waals surface area contributed by atoms with Crippen LogP contribution in [0, 0.1) is 0 Å². The smallest absolute Gasteiger partial charge is 0.149 e. The van der Waals surface area contributed by atoms with Crippen molar-refractivity contribution in [3.63, 3.8) is 0 Å². The number of nitrogens with two attached hydrogens (primary N) is 1. The van der Waals surface area contributed by atoms with Crippen LogP contribution in [-0.4, -0.2) is 40.5 Å². The van der Waals surface area contributed by atoms with E-state index < -0.39 is 0 Å². The van der Waals surface area contributed by atoms with Gasteiger partial charge in [-0.2, -0.15) is 11.8 Å². The number of hydrogen-bond acceptors (Lipinski definition) is 5. The van der Waals surface area contributed by atoms with Crippen LogP contribution in [0.2, 0.25) is 0 Å². The molecule has 1 aromatic rings. The molecule has 1 atom stereocenters. The Hall–Kier alpha value is -0.590. The molecule has 1 heterocycles. The van der Waals surface area contributed by atoms with Gasteiger partial charge in [0.15, 0.2) is 0 Å². The van der Waals surface area contributed by atoms with Gasteiger partial charge < -0.3 is 15.0 Å². The highest BCUT2D eigenvalue weighted by molar-refractivity contribution is 7.98. The molecule has 86 valence electrons. The van der Waals surface area contributed by atoms with Crippen LogP contribution in [0.5, 0.6) is 0 Å². The van der Waals surface area contributed by atoms with Gasteiger partial charge >= 0.3 is 0 Å². The largest absolute Gasteiger partial charge is 0.383 e. The van der Waals surface area contributed by atoms with Crippen molar-refractivity contribution in [3.8, 4) is 0 Å². The van der Waals surface area contributed by atoms with Gasteiger partial charge in [0.25, 0.3) is 0 Å². The van der Waals surface area contributed by atoms with Crippen LogP contribution in [0.25, 0.3) is 0 Å². The van der Waals surface area contributed by atoms with Crippen molar-refractivity contribution in [2.24, 2.45) is 5.73 Å². The first-order chi connectivity index (χ1) is 7.29. The standard InChI is InChI=1S/C9H18N4OS/c1-14-5-4-13-7-11-12-9(13)8(10)3-6-15-2/h7-8H,3-6,10H2,1-2H3. The second-order valence-electron chi connectivity index (χ2n) is 3.26. The summed E-state index contributed by atoms with van der Waals surface area (Å²) in [6, 6.07) is -0.0307. The molecule has 0 saturated heterocycles. The Kier molecular flexibility index (Phi) is 5.67. The van der Waals surface area contributed by atoms with Crippen LogP contribution in [0.4, 0.5) is 0 Å². The topological polar surface area (TPSA) is 66.0 Å². The van der Waals surface area contributed by atoms with Crippen LogP contribution in [0.15, 0.2) is 6.33 Å². The van der Waals surface area contributed by atoms with E-state index in [9.17, 15) is 0 Å². The lowest BCUT2D eigenvalue weighted by Gasteiger charge is -2.11. The Labute approximate surface area is 94.4 Å². The van der Waals surface area contributed by atoms with Crippen molar-refractivity contribution >= 4 is 11.8 Å². The molecule has 0 saturated carbocycles. The molecule has 1 unspecified atom stereocenters. The SMILES string of the molecule is COCCn1cnnc1C(N)CCSC. The molecule has 0 aliphatic heterocycles. The number of aromatic nitrogens is 3. The van der Waals surface area contributed by atoms with Crippen molar-refractivity contribution in [1.82, 2.24) is 14.8 Å². The lowest BCUT2D eigenvalue weighted by Crippen LogP contribution is -2.18. The molecule has 1 aromatic heterocycles. The third kappa shape index (κ3) is 3.81. The Bertz CT molecular complexity index is 279. The van der Waals surface area contributed by atoms with Crippen molar-refractivity contribution in [3.05, 3.63) is 12.2 Å². The van der Waals surface area contributed by atoms with Gasteiger partial charge in [0, 0.05) is 13.7 Å². The summed E-state index contributed by atoms with van der Waals surface area (Å²) in [7, 11) is 1.68. The molecule has 0 fully saturated rings. The first-order valence-corrected chi connectivity index (χ1v) is 6.30. The highest BCUT2D eigenvalue weighted by Gasteiger charge is 2.12. The Morgan fingerprint density at radius 2 is 2.47 bits per heavy atom. The van der Waals surface area contributed by atoms with Gasteiger partial charge in [-0.1, -0.05) is 0 Å². The first kappa shape index (κ1) is 12.5. The Balaban J connectivity index is 2.54. The minimum absolute atomic E-state index is 0.0307. The number of thioether (sulfide) groups is 1. The first-order valence-electron chi connectivity index (χ1n) is 4.90. The molecule has 1 rings (SSSR count). The molecule has 0 aliphatic rings. The quantitative estimate of drug-likeness (QED) is 0.746. The zero-order valence-corrected chi connectivity index (χ0v) is 10.0. The normalized spacial score (nSPS) is 13.0. The number of hydrogen-bond donors (Lipinski definition) is 1. The molecular weight excluding hydrogens is 212 g/mol. The fourth-order valence-electron chi connectivity index (χ4n) is 1.29. The van der Waals surface area contributed by atoms with E-state index in [0.717, 1.165) is 24.5 Å². The summed E-state index contributed by atoms with van der Waals surface area (Å²) in [5.74, 6) is 1.89. The Morgan fingerprint density at radius 1 is 1.67 bits per heavy atom. The Morgan fingerprint density at radius 3 is 3.13 bits per heavy atom. The molecule has 2 N–H and O–H groups in total. The number of nitrogens with zero attached hydrogens (tertiary/aromatic N) is 3. The highest BCUT2D eigenvalue weighted by atomic mass is 32.2. The zero-order chi connectivity index (χ0) is 11.1. The van der Waals surface area contributed by atoms with Gasteiger partial charge in [-0.15, -0.1) is 10.2 Å². The summed E-state index contributed by atoms with van der Waals surface area (Å²) in [6.07, 6.45) is 4.70. The van der Waals surface area contributed by atoms with Crippen LogP contribution >= 0.6 is 11.8 Å². The number of ether oxygens (including phenoxy) is 1. The fraction of sp³-hybridized carbons (Fsp3) is 0.778. The van der Waals surface area contributed by atoms with E-state index in [-0.39, 0.29) is 6.04 Å². The van der Waals surface area contributed by atoms with Crippen LogP contribution < -0.4 is 5.73 Å². The summed E-state index contributed by atoms with van der Waals surface area (Å²) in [5.41, 5.74) is 6.02. The van der Waals surface area contributed by atoms with Gasteiger partial charge in [0.2, 0.25) is 0 Å². The molecule has 0 radical (unpaired) electrons. The maximum Gasteiger partial charge on any atom is 0.149 e. The van der Waals surface area contributed by atoms with Crippen molar-refractivity contribution in [2.45, 2.75) is 19.0 Å². The summed E-state index contributed by atoms with van der Waals surface area (Å²) >= 11 is 1.79. The molecule has 0 aromatic carbocycles. The predicted molar refractivity (Wildman–Crippen MR) is 61.8 cm³/mol. The monoisotopic (exact) mass is 230 g/mol. The van der Waals surface area contributed by atoms with Crippen LogP contribution in [-0.2, 0) is 11.3 Å². The van der Waals surface area contributed by atoms with Gasteiger partial charge in [0.1, 0.15) is 12.2 Å². The number of methoxy groups -OCH3 is 1. The van der Waals surface area contributed by atoms with Gasteiger partial charge in [0.05, 0.1) is 12.6 Å². The minimum Gasteiger partial charge on any atom is -0.383 e. The molecule has 6 heteroatoms. The maximum absolute atomic E-state index is 6.02. The van der Waals surface area contributed by atoms with Gasteiger partial charge in [-0.05, 0) is 18.4 Å². The van der Waals surface area contributed by atoms with Crippen molar-refractivity contribution in [2.75, 3.05) is 25.7 Å². The van der Waals surface area contributed by atoms with Crippen molar-refractivity contribution < 1.29 is 4.74 Å². The minimum atomic E-state index is -0.0307. The molecular formula is C9H18N4OS. The fourth-order valence-corrected chi connectivity index (χ4v) is 1.78. The summed E-state index contributed by atoms with van der Waals surface area (Å²) in [5, 5.41) is 7.92. The summed E-state index contributed by atoms with van der Waals surface area (Å²) in [6.45, 7) is 1.41. The van der Waals surface area contributed by atoms with Crippen molar-refractivity contribution in [1.29, 1.82) is 0 Å². The van der Waals surface area contributed by atoms with E-state index in [0.29, 0.717) is 6.61 Å². The van der Waals surface area contributed by atoms with Crippen LogP contribution in [0.3, 0.4) is 0 Å². The molecule has 5 nitrogen and oxygen atoms in total. The second kappa shape index (κ2) is 6.81. The van der Waals surface area contributed by atoms with E-state index in [1.54, 1.807) is 25.2 Å². The maximum atomic E-state index is 6.02. The highest BCUT2D eigenvalue weighted by Crippen LogP contribution is 2.13. The molecule has 0 spiro atoms. The van der Waals surface area contributed by atoms with E-state index in [2.05, 4.69) is 16.5 Å². The third-order valence-electron chi connectivity index (χ3n) is 2.15. The summed E-state index contributed by atoms with van der Waals surface area (Å²) in [4.78, 5) is 0. The number of rotatable bonds is 7. The predicted octanol–water partition coefficient (Wildman–Crippen LogP) is 0.677. The zero-order valence-electron chi connectivity index (χ0n) is 9.22. The molecule has 15 heavy (non-hydrogen) atoms. The average Bonchev–Trinajstić information content (AvgIpc) is 2.71. The van der Waals surface area contributed by atoms with Gasteiger partial charge in [-0.3, -0.25) is 0 Å². The molecule has 0 aliphatic carbocycles. The van der Waals surface area contributed by atoms with E-state index in [1.807, 2.05) is 4.57 Å². The van der Waals surface area contributed by atoms with Gasteiger partial charge in [-0.25, -0.2) is 0 Å². The van der Waals surface area contributed by atoms with E-state index in [4.69, 9.17) is 10.5 Å². The lowest BCUT2D eigenvalue weighted by molar-refractivity contribution is 0.185.